The maximum absolute atomic E-state index is 4.24. The summed E-state index contributed by atoms with van der Waals surface area (Å²) in [6, 6.07) is 9.37. The van der Waals surface area contributed by atoms with E-state index in [1.807, 2.05) is 6.92 Å². The van der Waals surface area contributed by atoms with Gasteiger partial charge in [0.05, 0.1) is 6.54 Å². The molecule has 2 heterocycles. The highest BCUT2D eigenvalue weighted by molar-refractivity contribution is 7.11. The normalized spacial score (nSPS) is 20.0. The lowest BCUT2D eigenvalue weighted by Gasteiger charge is -2.40. The molecule has 0 bridgehead atoms. The Morgan fingerprint density at radius 2 is 1.90 bits per heavy atom. The Morgan fingerprint density at radius 1 is 1.14 bits per heavy atom. The first-order chi connectivity index (χ1) is 10.1. The first-order valence-corrected chi connectivity index (χ1v) is 8.28. The highest BCUT2D eigenvalue weighted by Crippen LogP contribution is 2.21. The number of anilines is 1. The van der Waals surface area contributed by atoms with Crippen molar-refractivity contribution in [2.45, 2.75) is 33.4 Å². The lowest BCUT2D eigenvalue weighted by Crippen LogP contribution is -2.51. The minimum absolute atomic E-state index is 0.532. The lowest BCUT2D eigenvalue weighted by molar-refractivity contribution is 0.180. The van der Waals surface area contributed by atoms with E-state index in [9.17, 15) is 0 Å². The van der Waals surface area contributed by atoms with Gasteiger partial charge in [-0.15, -0.1) is 21.5 Å². The number of piperazine rings is 1. The summed E-state index contributed by atoms with van der Waals surface area (Å²) in [6.07, 6.45) is 0. The highest BCUT2D eigenvalue weighted by atomic mass is 32.1. The molecule has 0 radical (unpaired) electrons. The van der Waals surface area contributed by atoms with E-state index in [-0.39, 0.29) is 0 Å². The molecule has 1 aromatic carbocycles. The number of aromatic nitrogens is 2. The van der Waals surface area contributed by atoms with Crippen molar-refractivity contribution in [3.63, 3.8) is 0 Å². The van der Waals surface area contributed by atoms with E-state index in [1.54, 1.807) is 11.3 Å². The molecule has 21 heavy (non-hydrogen) atoms. The van der Waals surface area contributed by atoms with Crippen LogP contribution >= 0.6 is 11.3 Å². The second kappa shape index (κ2) is 6.12. The summed E-state index contributed by atoms with van der Waals surface area (Å²) in [6.45, 7) is 10.6. The van der Waals surface area contributed by atoms with E-state index < -0.39 is 0 Å². The minimum atomic E-state index is 0.532. The first-order valence-electron chi connectivity index (χ1n) is 7.46. The summed E-state index contributed by atoms with van der Waals surface area (Å²) in [5.74, 6) is 0. The predicted octanol–water partition coefficient (Wildman–Crippen LogP) is 2.87. The van der Waals surface area contributed by atoms with Crippen LogP contribution in [0.15, 0.2) is 24.3 Å². The third kappa shape index (κ3) is 3.41. The topological polar surface area (TPSA) is 32.3 Å². The molecule has 1 fully saturated rings. The van der Waals surface area contributed by atoms with Gasteiger partial charge in [-0.3, -0.25) is 4.90 Å². The van der Waals surface area contributed by atoms with Crippen molar-refractivity contribution < 1.29 is 0 Å². The SMILES string of the molecule is Cc1ccc(N2CCN(Cc3nnc(C)s3)C(C)C2)cc1. The van der Waals surface area contributed by atoms with Crippen molar-refractivity contribution in [1.82, 2.24) is 15.1 Å². The molecule has 112 valence electrons. The maximum Gasteiger partial charge on any atom is 0.131 e. The van der Waals surface area contributed by atoms with Crippen molar-refractivity contribution in [2.24, 2.45) is 0 Å². The summed E-state index contributed by atoms with van der Waals surface area (Å²) in [7, 11) is 0. The Kier molecular flexibility index (Phi) is 4.22. The smallest absolute Gasteiger partial charge is 0.131 e. The number of benzene rings is 1. The van der Waals surface area contributed by atoms with Crippen LogP contribution in [0.3, 0.4) is 0 Å². The van der Waals surface area contributed by atoms with Gasteiger partial charge in [-0.25, -0.2) is 0 Å². The number of rotatable bonds is 3. The van der Waals surface area contributed by atoms with Crippen LogP contribution in [0.25, 0.3) is 0 Å². The first kappa shape index (κ1) is 14.5. The van der Waals surface area contributed by atoms with Crippen LogP contribution in [0, 0.1) is 13.8 Å². The molecular weight excluding hydrogens is 280 g/mol. The average Bonchev–Trinajstić information content (AvgIpc) is 2.87. The van der Waals surface area contributed by atoms with E-state index in [1.165, 1.54) is 11.3 Å². The molecule has 4 nitrogen and oxygen atoms in total. The van der Waals surface area contributed by atoms with Crippen molar-refractivity contribution in [2.75, 3.05) is 24.5 Å². The lowest BCUT2D eigenvalue weighted by atomic mass is 10.1. The molecule has 0 spiro atoms. The second-order valence-electron chi connectivity index (χ2n) is 5.82. The van der Waals surface area contributed by atoms with Crippen LogP contribution in [-0.2, 0) is 6.54 Å². The standard InChI is InChI=1S/C16H22N4S/c1-12-4-6-15(7-5-12)20-9-8-19(13(2)10-20)11-16-18-17-14(3)21-16/h4-7,13H,8-11H2,1-3H3. The Morgan fingerprint density at radius 3 is 2.52 bits per heavy atom. The van der Waals surface area contributed by atoms with E-state index in [0.717, 1.165) is 36.2 Å². The zero-order valence-corrected chi connectivity index (χ0v) is 13.7. The molecule has 0 amide bonds. The predicted molar refractivity (Wildman–Crippen MR) is 87.9 cm³/mol. The Balaban J connectivity index is 1.62. The van der Waals surface area contributed by atoms with Gasteiger partial charge in [0.25, 0.3) is 0 Å². The van der Waals surface area contributed by atoms with Crippen LogP contribution in [-0.4, -0.2) is 40.8 Å². The summed E-state index contributed by atoms with van der Waals surface area (Å²) in [5.41, 5.74) is 2.65. The molecule has 3 rings (SSSR count). The molecule has 0 N–H and O–H groups in total. The molecule has 1 aromatic heterocycles. The van der Waals surface area contributed by atoms with Crippen molar-refractivity contribution in [3.05, 3.63) is 39.8 Å². The second-order valence-corrected chi connectivity index (χ2v) is 7.08. The Bertz CT molecular complexity index is 593. The average molecular weight is 302 g/mol. The molecule has 1 aliphatic rings. The van der Waals surface area contributed by atoms with Crippen molar-refractivity contribution in [3.8, 4) is 0 Å². The molecule has 1 unspecified atom stereocenters. The van der Waals surface area contributed by atoms with Gasteiger partial charge in [0.15, 0.2) is 0 Å². The van der Waals surface area contributed by atoms with Crippen LogP contribution in [0.5, 0.6) is 0 Å². The molecule has 0 saturated carbocycles. The zero-order valence-electron chi connectivity index (χ0n) is 12.9. The number of aryl methyl sites for hydroxylation is 2. The third-order valence-corrected chi connectivity index (χ3v) is 4.89. The van der Waals surface area contributed by atoms with E-state index in [0.29, 0.717) is 6.04 Å². The van der Waals surface area contributed by atoms with Gasteiger partial charge >= 0.3 is 0 Å². The Hall–Kier alpha value is -1.46. The quantitative estimate of drug-likeness (QED) is 0.873. The van der Waals surface area contributed by atoms with E-state index in [4.69, 9.17) is 0 Å². The number of nitrogens with zero attached hydrogens (tertiary/aromatic N) is 4. The largest absolute Gasteiger partial charge is 0.369 e. The molecule has 1 aliphatic heterocycles. The van der Waals surface area contributed by atoms with Gasteiger partial charge in [-0.2, -0.15) is 0 Å². The van der Waals surface area contributed by atoms with Crippen molar-refractivity contribution >= 4 is 17.0 Å². The molecule has 0 aliphatic carbocycles. The minimum Gasteiger partial charge on any atom is -0.369 e. The summed E-state index contributed by atoms with van der Waals surface area (Å²) < 4.78 is 0. The Labute approximate surface area is 130 Å². The van der Waals surface area contributed by atoms with Crippen LogP contribution in [0.2, 0.25) is 0 Å². The summed E-state index contributed by atoms with van der Waals surface area (Å²) >= 11 is 1.70. The van der Waals surface area contributed by atoms with Crippen LogP contribution in [0.1, 0.15) is 22.5 Å². The van der Waals surface area contributed by atoms with Gasteiger partial charge in [0.2, 0.25) is 0 Å². The van der Waals surface area contributed by atoms with Crippen LogP contribution in [0.4, 0.5) is 5.69 Å². The molecule has 1 saturated heterocycles. The van der Waals surface area contributed by atoms with E-state index >= 15 is 0 Å². The monoisotopic (exact) mass is 302 g/mol. The van der Waals surface area contributed by atoms with Gasteiger partial charge in [0.1, 0.15) is 10.0 Å². The van der Waals surface area contributed by atoms with Crippen molar-refractivity contribution in [1.29, 1.82) is 0 Å². The van der Waals surface area contributed by atoms with Crippen LogP contribution < -0.4 is 4.90 Å². The zero-order chi connectivity index (χ0) is 14.8. The van der Waals surface area contributed by atoms with Gasteiger partial charge in [-0.05, 0) is 32.9 Å². The molecule has 2 aromatic rings. The molecule has 5 heteroatoms. The highest BCUT2D eigenvalue weighted by Gasteiger charge is 2.24. The number of hydrogen-bond acceptors (Lipinski definition) is 5. The maximum atomic E-state index is 4.24. The van der Waals surface area contributed by atoms with Gasteiger partial charge < -0.3 is 4.90 Å². The molecule has 1 atom stereocenters. The summed E-state index contributed by atoms with van der Waals surface area (Å²) in [5, 5.41) is 10.5. The number of hydrogen-bond donors (Lipinski definition) is 0. The van der Waals surface area contributed by atoms with E-state index in [2.05, 4.69) is 58.1 Å². The van der Waals surface area contributed by atoms with Gasteiger partial charge in [-0.1, -0.05) is 17.7 Å². The fourth-order valence-corrected chi connectivity index (χ4v) is 3.53. The molecular formula is C16H22N4S. The summed E-state index contributed by atoms with van der Waals surface area (Å²) in [4.78, 5) is 4.98. The third-order valence-electron chi connectivity index (χ3n) is 4.07. The fraction of sp³-hybridized carbons (Fsp3) is 0.500. The fourth-order valence-electron chi connectivity index (χ4n) is 2.80. The van der Waals surface area contributed by atoms with Gasteiger partial charge in [0, 0.05) is 31.4 Å².